The molecule has 6 heteroatoms. The van der Waals surface area contributed by atoms with Crippen LogP contribution in [-0.2, 0) is 22.6 Å². The largest absolute Gasteiger partial charge is 0.493 e. The third-order valence-corrected chi connectivity index (χ3v) is 5.66. The first-order valence-corrected chi connectivity index (χ1v) is 9.99. The predicted octanol–water partition coefficient (Wildman–Crippen LogP) is 2.86. The first kappa shape index (κ1) is 19.3. The van der Waals surface area contributed by atoms with Gasteiger partial charge in [-0.2, -0.15) is 0 Å². The van der Waals surface area contributed by atoms with Gasteiger partial charge >= 0.3 is 0 Å². The summed E-state index contributed by atoms with van der Waals surface area (Å²) in [6, 6.07) is 12.9. The summed E-state index contributed by atoms with van der Waals surface area (Å²) < 4.78 is 10.6. The van der Waals surface area contributed by atoms with E-state index >= 15 is 0 Å². The van der Waals surface area contributed by atoms with E-state index in [1.807, 2.05) is 42.5 Å². The van der Waals surface area contributed by atoms with Gasteiger partial charge in [-0.15, -0.1) is 0 Å². The lowest BCUT2D eigenvalue weighted by atomic mass is 9.91. The van der Waals surface area contributed by atoms with Gasteiger partial charge in [-0.3, -0.25) is 9.59 Å². The highest BCUT2D eigenvalue weighted by molar-refractivity contribution is 5.91. The fourth-order valence-corrected chi connectivity index (χ4v) is 3.93. The zero-order valence-corrected chi connectivity index (χ0v) is 16.8. The minimum Gasteiger partial charge on any atom is -0.493 e. The van der Waals surface area contributed by atoms with Gasteiger partial charge in [0.05, 0.1) is 14.2 Å². The van der Waals surface area contributed by atoms with E-state index < -0.39 is 6.04 Å². The SMILES string of the molecule is COc1ccc(CNC(=O)C2c3ccccc3CCN2C(=O)C2CC2)cc1OC. The molecule has 152 valence electrons. The molecule has 2 aliphatic rings. The van der Waals surface area contributed by atoms with Crippen LogP contribution in [-0.4, -0.2) is 37.5 Å². The van der Waals surface area contributed by atoms with E-state index in [1.54, 1.807) is 19.1 Å². The summed E-state index contributed by atoms with van der Waals surface area (Å²) in [7, 11) is 3.17. The van der Waals surface area contributed by atoms with Crippen LogP contribution < -0.4 is 14.8 Å². The lowest BCUT2D eigenvalue weighted by molar-refractivity contribution is -0.142. The van der Waals surface area contributed by atoms with Crippen molar-refractivity contribution in [3.63, 3.8) is 0 Å². The fourth-order valence-electron chi connectivity index (χ4n) is 3.93. The number of carbonyl (C=O) groups is 2. The second kappa shape index (κ2) is 8.15. The highest BCUT2D eigenvalue weighted by Crippen LogP contribution is 2.37. The number of methoxy groups -OCH3 is 2. The molecule has 1 heterocycles. The number of hydrogen-bond donors (Lipinski definition) is 1. The molecule has 1 aliphatic carbocycles. The summed E-state index contributed by atoms with van der Waals surface area (Å²) in [6.45, 7) is 0.935. The number of nitrogens with zero attached hydrogens (tertiary/aromatic N) is 1. The third-order valence-electron chi connectivity index (χ3n) is 5.66. The van der Waals surface area contributed by atoms with Crippen LogP contribution in [0.25, 0.3) is 0 Å². The van der Waals surface area contributed by atoms with Crippen LogP contribution in [0.5, 0.6) is 11.5 Å². The number of benzene rings is 2. The quantitative estimate of drug-likeness (QED) is 0.818. The highest BCUT2D eigenvalue weighted by Gasteiger charge is 2.41. The van der Waals surface area contributed by atoms with Crippen molar-refractivity contribution >= 4 is 11.8 Å². The summed E-state index contributed by atoms with van der Waals surface area (Å²) in [5.41, 5.74) is 2.97. The number of amides is 2. The van der Waals surface area contributed by atoms with E-state index in [-0.39, 0.29) is 17.7 Å². The average Bonchev–Trinajstić information content (AvgIpc) is 3.61. The van der Waals surface area contributed by atoms with E-state index in [4.69, 9.17) is 9.47 Å². The number of ether oxygens (including phenoxy) is 2. The molecule has 0 aromatic heterocycles. The maximum Gasteiger partial charge on any atom is 0.247 e. The molecular formula is C23H26N2O4. The number of carbonyl (C=O) groups excluding carboxylic acids is 2. The number of hydrogen-bond acceptors (Lipinski definition) is 4. The van der Waals surface area contributed by atoms with Crippen molar-refractivity contribution in [3.05, 3.63) is 59.2 Å². The molecule has 0 spiro atoms. The Morgan fingerprint density at radius 1 is 1.07 bits per heavy atom. The fraction of sp³-hybridized carbons (Fsp3) is 0.391. The Bertz CT molecular complexity index is 923. The molecule has 1 atom stereocenters. The molecule has 29 heavy (non-hydrogen) atoms. The molecule has 2 amide bonds. The number of rotatable bonds is 6. The van der Waals surface area contributed by atoms with Gasteiger partial charge in [-0.05, 0) is 48.1 Å². The van der Waals surface area contributed by atoms with Crippen LogP contribution in [0.3, 0.4) is 0 Å². The van der Waals surface area contributed by atoms with Gasteiger partial charge in [0.15, 0.2) is 11.5 Å². The van der Waals surface area contributed by atoms with Crippen molar-refractivity contribution in [1.82, 2.24) is 10.2 Å². The summed E-state index contributed by atoms with van der Waals surface area (Å²) in [5, 5.41) is 3.01. The molecule has 0 radical (unpaired) electrons. The lowest BCUT2D eigenvalue weighted by Gasteiger charge is -2.36. The van der Waals surface area contributed by atoms with Crippen LogP contribution in [0.15, 0.2) is 42.5 Å². The van der Waals surface area contributed by atoms with Crippen molar-refractivity contribution in [3.8, 4) is 11.5 Å². The molecule has 1 unspecified atom stereocenters. The highest BCUT2D eigenvalue weighted by atomic mass is 16.5. The van der Waals surface area contributed by atoms with Gasteiger partial charge in [-0.1, -0.05) is 30.3 Å². The van der Waals surface area contributed by atoms with Crippen molar-refractivity contribution in [2.75, 3.05) is 20.8 Å². The Morgan fingerprint density at radius 2 is 1.83 bits per heavy atom. The Morgan fingerprint density at radius 3 is 2.55 bits per heavy atom. The molecule has 0 saturated heterocycles. The Labute approximate surface area is 170 Å². The van der Waals surface area contributed by atoms with Crippen molar-refractivity contribution in [1.29, 1.82) is 0 Å². The normalized spacial score (nSPS) is 18.0. The lowest BCUT2D eigenvalue weighted by Crippen LogP contribution is -2.47. The van der Waals surface area contributed by atoms with Crippen LogP contribution in [0.1, 0.15) is 35.6 Å². The van der Waals surface area contributed by atoms with Gasteiger partial charge < -0.3 is 19.7 Å². The molecule has 1 N–H and O–H groups in total. The summed E-state index contributed by atoms with van der Waals surface area (Å²) in [6.07, 6.45) is 2.64. The third kappa shape index (κ3) is 3.92. The van der Waals surface area contributed by atoms with Gasteiger partial charge in [0.2, 0.25) is 11.8 Å². The molecule has 2 aromatic carbocycles. The predicted molar refractivity (Wildman–Crippen MR) is 109 cm³/mol. The minimum absolute atomic E-state index is 0.0846. The van der Waals surface area contributed by atoms with Gasteiger partial charge in [0.25, 0.3) is 0 Å². The van der Waals surface area contributed by atoms with Crippen molar-refractivity contribution in [2.24, 2.45) is 5.92 Å². The Kier molecular flexibility index (Phi) is 5.43. The van der Waals surface area contributed by atoms with Crippen LogP contribution in [0, 0.1) is 5.92 Å². The molecule has 1 fully saturated rings. The van der Waals surface area contributed by atoms with Crippen LogP contribution in [0.2, 0.25) is 0 Å². The van der Waals surface area contributed by atoms with Crippen LogP contribution in [0.4, 0.5) is 0 Å². The standard InChI is InChI=1S/C23H26N2O4/c1-28-19-10-7-15(13-20(19)29-2)14-24-22(26)21-18-6-4-3-5-16(18)11-12-25(21)23(27)17-8-9-17/h3-7,10,13,17,21H,8-9,11-12,14H2,1-2H3,(H,24,26). The van der Waals surface area contributed by atoms with E-state index in [1.165, 1.54) is 0 Å². The van der Waals surface area contributed by atoms with E-state index in [0.717, 1.165) is 36.0 Å². The first-order valence-electron chi connectivity index (χ1n) is 9.99. The number of nitrogens with one attached hydrogen (secondary N) is 1. The zero-order chi connectivity index (χ0) is 20.4. The molecule has 0 bridgehead atoms. The van der Waals surface area contributed by atoms with Gasteiger partial charge in [0, 0.05) is 19.0 Å². The van der Waals surface area contributed by atoms with E-state index in [2.05, 4.69) is 5.32 Å². The molecule has 6 nitrogen and oxygen atoms in total. The average molecular weight is 394 g/mol. The zero-order valence-electron chi connectivity index (χ0n) is 16.8. The van der Waals surface area contributed by atoms with Crippen molar-refractivity contribution < 1.29 is 19.1 Å². The van der Waals surface area contributed by atoms with Crippen molar-refractivity contribution in [2.45, 2.75) is 31.8 Å². The topological polar surface area (TPSA) is 67.9 Å². The Balaban J connectivity index is 1.54. The van der Waals surface area contributed by atoms with Gasteiger partial charge in [0.1, 0.15) is 6.04 Å². The molecular weight excluding hydrogens is 368 g/mol. The molecule has 1 saturated carbocycles. The molecule has 2 aromatic rings. The Hall–Kier alpha value is -3.02. The smallest absolute Gasteiger partial charge is 0.247 e. The maximum absolute atomic E-state index is 13.2. The molecule has 4 rings (SSSR count). The van der Waals surface area contributed by atoms with Crippen LogP contribution >= 0.6 is 0 Å². The van der Waals surface area contributed by atoms with E-state index in [0.29, 0.717) is 24.6 Å². The maximum atomic E-state index is 13.2. The summed E-state index contributed by atoms with van der Waals surface area (Å²) in [5.74, 6) is 1.30. The van der Waals surface area contributed by atoms with Gasteiger partial charge in [-0.25, -0.2) is 0 Å². The second-order valence-electron chi connectivity index (χ2n) is 7.56. The first-order chi connectivity index (χ1) is 14.1. The monoisotopic (exact) mass is 394 g/mol. The second-order valence-corrected chi connectivity index (χ2v) is 7.56. The summed E-state index contributed by atoms with van der Waals surface area (Å²) >= 11 is 0. The number of fused-ring (bicyclic) bond motifs is 1. The minimum atomic E-state index is -0.576. The summed E-state index contributed by atoms with van der Waals surface area (Å²) in [4.78, 5) is 27.8. The molecule has 1 aliphatic heterocycles. The van der Waals surface area contributed by atoms with E-state index in [9.17, 15) is 9.59 Å².